The molecular formula is C14H17FN2O. The molecule has 96 valence electrons. The highest BCUT2D eigenvalue weighted by atomic mass is 19.1. The molecule has 1 aliphatic rings. The fourth-order valence-corrected chi connectivity index (χ4v) is 2.24. The fraction of sp³-hybridized carbons (Fsp3) is 0.500. The zero-order valence-corrected chi connectivity index (χ0v) is 10.4. The highest BCUT2D eigenvalue weighted by Crippen LogP contribution is 2.23. The van der Waals surface area contributed by atoms with Crippen molar-refractivity contribution in [2.75, 3.05) is 13.1 Å². The number of ether oxygens (including phenoxy) is 1. The first-order chi connectivity index (χ1) is 8.70. The highest BCUT2D eigenvalue weighted by Gasteiger charge is 2.22. The van der Waals surface area contributed by atoms with Gasteiger partial charge in [-0.1, -0.05) is 0 Å². The minimum absolute atomic E-state index is 0.0276. The molecule has 1 aromatic carbocycles. The van der Waals surface area contributed by atoms with Gasteiger partial charge < -0.3 is 10.1 Å². The minimum atomic E-state index is -0.468. The Balaban J connectivity index is 2.02. The summed E-state index contributed by atoms with van der Waals surface area (Å²) in [6.45, 7) is 3.93. The van der Waals surface area contributed by atoms with Crippen LogP contribution >= 0.6 is 0 Å². The molecule has 0 aliphatic carbocycles. The maximum absolute atomic E-state index is 13.7. The van der Waals surface area contributed by atoms with Gasteiger partial charge in [-0.25, -0.2) is 4.39 Å². The van der Waals surface area contributed by atoms with E-state index in [0.29, 0.717) is 11.5 Å². The van der Waals surface area contributed by atoms with E-state index in [1.807, 2.05) is 13.0 Å². The second-order valence-electron chi connectivity index (χ2n) is 4.69. The first-order valence-corrected chi connectivity index (χ1v) is 6.27. The highest BCUT2D eigenvalue weighted by molar-refractivity contribution is 5.36. The first kappa shape index (κ1) is 12.8. The van der Waals surface area contributed by atoms with E-state index in [9.17, 15) is 4.39 Å². The molecule has 0 radical (unpaired) electrons. The predicted octanol–water partition coefficient (Wildman–Crippen LogP) is 2.46. The summed E-state index contributed by atoms with van der Waals surface area (Å²) in [7, 11) is 0. The number of halogens is 1. The van der Waals surface area contributed by atoms with Crippen LogP contribution in [0.5, 0.6) is 5.75 Å². The van der Waals surface area contributed by atoms with Crippen molar-refractivity contribution >= 4 is 0 Å². The van der Waals surface area contributed by atoms with Crippen LogP contribution in [0.3, 0.4) is 0 Å². The van der Waals surface area contributed by atoms with E-state index in [0.717, 1.165) is 25.9 Å². The third-order valence-electron chi connectivity index (χ3n) is 3.37. The summed E-state index contributed by atoms with van der Waals surface area (Å²) >= 11 is 0. The Morgan fingerprint density at radius 2 is 2.39 bits per heavy atom. The van der Waals surface area contributed by atoms with Gasteiger partial charge in [0.05, 0.1) is 11.6 Å². The number of hydrogen-bond donors (Lipinski definition) is 1. The van der Waals surface area contributed by atoms with E-state index in [1.54, 1.807) is 6.07 Å². The van der Waals surface area contributed by atoms with Gasteiger partial charge >= 0.3 is 0 Å². The average Bonchev–Trinajstić information content (AvgIpc) is 2.42. The summed E-state index contributed by atoms with van der Waals surface area (Å²) in [4.78, 5) is 0. The number of benzene rings is 1. The summed E-state index contributed by atoms with van der Waals surface area (Å²) in [5.41, 5.74) is 0.312. The zero-order valence-electron chi connectivity index (χ0n) is 10.4. The van der Waals surface area contributed by atoms with E-state index in [2.05, 4.69) is 5.32 Å². The lowest BCUT2D eigenvalue weighted by atomic mass is 9.94. The molecule has 0 amide bonds. The van der Waals surface area contributed by atoms with E-state index >= 15 is 0 Å². The number of nitriles is 1. The molecule has 1 aromatic rings. The van der Waals surface area contributed by atoms with Gasteiger partial charge in [0.2, 0.25) is 0 Å². The molecule has 2 rings (SSSR count). The zero-order chi connectivity index (χ0) is 13.0. The predicted molar refractivity (Wildman–Crippen MR) is 66.8 cm³/mol. The smallest absolute Gasteiger partial charge is 0.166 e. The SMILES string of the molecule is CC(Oc1ccc(C#N)cc1F)C1CCCNC1. The molecule has 0 bridgehead atoms. The van der Waals surface area contributed by atoms with E-state index < -0.39 is 5.82 Å². The molecule has 2 unspecified atom stereocenters. The molecule has 2 atom stereocenters. The topological polar surface area (TPSA) is 45.0 Å². The molecule has 0 saturated carbocycles. The Morgan fingerprint density at radius 3 is 3.00 bits per heavy atom. The lowest BCUT2D eigenvalue weighted by Crippen LogP contribution is -2.38. The summed E-state index contributed by atoms with van der Waals surface area (Å²) in [5, 5.41) is 12.0. The molecule has 1 heterocycles. The van der Waals surface area contributed by atoms with Crippen molar-refractivity contribution in [2.45, 2.75) is 25.9 Å². The van der Waals surface area contributed by atoms with Gasteiger partial charge in [-0.2, -0.15) is 5.26 Å². The third-order valence-corrected chi connectivity index (χ3v) is 3.37. The fourth-order valence-electron chi connectivity index (χ4n) is 2.24. The van der Waals surface area contributed by atoms with Crippen LogP contribution in [0.2, 0.25) is 0 Å². The van der Waals surface area contributed by atoms with Crippen molar-refractivity contribution in [1.82, 2.24) is 5.32 Å². The van der Waals surface area contributed by atoms with Gasteiger partial charge in [0.1, 0.15) is 6.10 Å². The van der Waals surface area contributed by atoms with Crippen molar-refractivity contribution in [3.05, 3.63) is 29.6 Å². The molecule has 1 fully saturated rings. The van der Waals surface area contributed by atoms with Gasteiger partial charge in [0.25, 0.3) is 0 Å². The Bertz CT molecular complexity index is 450. The summed E-state index contributed by atoms with van der Waals surface area (Å²) in [5.74, 6) is 0.172. The van der Waals surface area contributed by atoms with Crippen LogP contribution in [-0.2, 0) is 0 Å². The quantitative estimate of drug-likeness (QED) is 0.893. The van der Waals surface area contributed by atoms with Crippen LogP contribution in [0.25, 0.3) is 0 Å². The first-order valence-electron chi connectivity index (χ1n) is 6.27. The second kappa shape index (κ2) is 5.83. The van der Waals surface area contributed by atoms with E-state index in [1.165, 1.54) is 12.1 Å². The standard InChI is InChI=1S/C14H17FN2O/c1-10(12-3-2-6-17-9-12)18-14-5-4-11(8-16)7-13(14)15/h4-5,7,10,12,17H,2-3,6,9H2,1H3. The van der Waals surface area contributed by atoms with Crippen LogP contribution < -0.4 is 10.1 Å². The van der Waals surface area contributed by atoms with E-state index in [-0.39, 0.29) is 11.9 Å². The summed E-state index contributed by atoms with van der Waals surface area (Å²) in [6.07, 6.45) is 2.21. The normalized spacial score (nSPS) is 21.1. The van der Waals surface area contributed by atoms with Crippen LogP contribution in [0.1, 0.15) is 25.3 Å². The van der Waals surface area contributed by atoms with Crippen molar-refractivity contribution in [3.63, 3.8) is 0 Å². The lowest BCUT2D eigenvalue weighted by molar-refractivity contribution is 0.126. The molecule has 1 aliphatic heterocycles. The number of piperidine rings is 1. The van der Waals surface area contributed by atoms with Crippen LogP contribution in [-0.4, -0.2) is 19.2 Å². The largest absolute Gasteiger partial charge is 0.487 e. The second-order valence-corrected chi connectivity index (χ2v) is 4.69. The number of nitrogens with one attached hydrogen (secondary N) is 1. The minimum Gasteiger partial charge on any atom is -0.487 e. The monoisotopic (exact) mass is 248 g/mol. The van der Waals surface area contributed by atoms with Gasteiger partial charge in [-0.3, -0.25) is 0 Å². The Hall–Kier alpha value is -1.60. The van der Waals surface area contributed by atoms with Gasteiger partial charge in [0, 0.05) is 12.5 Å². The average molecular weight is 248 g/mol. The number of nitrogens with zero attached hydrogens (tertiary/aromatic N) is 1. The maximum atomic E-state index is 13.7. The van der Waals surface area contributed by atoms with Gasteiger partial charge in [0.15, 0.2) is 11.6 Å². The Morgan fingerprint density at radius 1 is 1.56 bits per heavy atom. The van der Waals surface area contributed by atoms with Crippen molar-refractivity contribution < 1.29 is 9.13 Å². The number of rotatable bonds is 3. The Kier molecular flexibility index (Phi) is 4.16. The Labute approximate surface area is 107 Å². The van der Waals surface area contributed by atoms with Crippen molar-refractivity contribution in [2.24, 2.45) is 5.92 Å². The van der Waals surface area contributed by atoms with Gasteiger partial charge in [-0.15, -0.1) is 0 Å². The van der Waals surface area contributed by atoms with Gasteiger partial charge in [-0.05, 0) is 44.5 Å². The molecule has 1 saturated heterocycles. The molecule has 3 nitrogen and oxygen atoms in total. The van der Waals surface area contributed by atoms with Crippen LogP contribution in [0.4, 0.5) is 4.39 Å². The molecule has 0 aromatic heterocycles. The summed E-state index contributed by atoms with van der Waals surface area (Å²) in [6, 6.07) is 6.22. The molecule has 0 spiro atoms. The third kappa shape index (κ3) is 2.99. The van der Waals surface area contributed by atoms with Crippen molar-refractivity contribution in [3.8, 4) is 11.8 Å². The molecule has 18 heavy (non-hydrogen) atoms. The van der Waals surface area contributed by atoms with E-state index in [4.69, 9.17) is 10.00 Å². The molecule has 4 heteroatoms. The molecule has 1 N–H and O–H groups in total. The molecular weight excluding hydrogens is 231 g/mol. The maximum Gasteiger partial charge on any atom is 0.166 e. The number of hydrogen-bond acceptors (Lipinski definition) is 3. The summed E-state index contributed by atoms with van der Waals surface area (Å²) < 4.78 is 19.3. The van der Waals surface area contributed by atoms with Crippen LogP contribution in [0.15, 0.2) is 18.2 Å². The van der Waals surface area contributed by atoms with Crippen molar-refractivity contribution in [1.29, 1.82) is 5.26 Å². The lowest BCUT2D eigenvalue weighted by Gasteiger charge is -2.28. The van der Waals surface area contributed by atoms with Crippen LogP contribution in [0, 0.1) is 23.1 Å².